The number of hydrogen-bond acceptors (Lipinski definition) is 3. The molecule has 1 amide bonds. The van der Waals surface area contributed by atoms with Crippen LogP contribution in [-0.2, 0) is 11.3 Å². The fraction of sp³-hybridized carbons (Fsp3) is 0.462. The van der Waals surface area contributed by atoms with Crippen molar-refractivity contribution in [3.05, 3.63) is 34.3 Å². The van der Waals surface area contributed by atoms with Gasteiger partial charge in [-0.15, -0.1) is 0 Å². The van der Waals surface area contributed by atoms with E-state index in [2.05, 4.69) is 32.2 Å². The molecule has 1 atom stereocenters. The van der Waals surface area contributed by atoms with Crippen molar-refractivity contribution >= 4 is 21.8 Å². The van der Waals surface area contributed by atoms with Crippen LogP contribution in [0.4, 0.5) is 0 Å². The number of carbonyl (C=O) groups excluding carboxylic acids is 1. The smallest absolute Gasteiger partial charge is 0.221 e. The van der Waals surface area contributed by atoms with Gasteiger partial charge in [-0.2, -0.15) is 0 Å². The number of nitrogens with zero attached hydrogens (tertiary/aromatic N) is 1. The van der Waals surface area contributed by atoms with E-state index in [-0.39, 0.29) is 11.9 Å². The van der Waals surface area contributed by atoms with Gasteiger partial charge in [0.25, 0.3) is 0 Å². The van der Waals surface area contributed by atoms with Crippen molar-refractivity contribution in [2.24, 2.45) is 5.73 Å². The number of rotatable bonds is 6. The molecule has 4 nitrogen and oxygen atoms in total. The van der Waals surface area contributed by atoms with E-state index >= 15 is 0 Å². The third-order valence-corrected chi connectivity index (χ3v) is 3.75. The Labute approximate surface area is 117 Å². The monoisotopic (exact) mass is 313 g/mol. The largest absolute Gasteiger partial charge is 0.359 e. The molecule has 1 aromatic rings. The molecule has 0 saturated carbocycles. The van der Waals surface area contributed by atoms with E-state index in [0.717, 1.165) is 11.0 Å². The molecule has 0 radical (unpaired) electrons. The summed E-state index contributed by atoms with van der Waals surface area (Å²) < 4.78 is 1.08. The standard InChI is InChI=1S/C13H20BrN3O/c1-16-13(18)7-11(8-15)17(2)9-10-5-3-4-6-12(10)14/h3-6,11H,7-9,15H2,1-2H3,(H,16,18). The van der Waals surface area contributed by atoms with Crippen LogP contribution in [0, 0.1) is 0 Å². The summed E-state index contributed by atoms with van der Waals surface area (Å²) >= 11 is 3.52. The molecule has 0 aliphatic carbocycles. The predicted molar refractivity (Wildman–Crippen MR) is 77.1 cm³/mol. The lowest BCUT2D eigenvalue weighted by molar-refractivity contribution is -0.121. The summed E-state index contributed by atoms with van der Waals surface area (Å²) in [6.45, 7) is 1.23. The molecule has 0 fully saturated rings. The summed E-state index contributed by atoms with van der Waals surface area (Å²) in [5.74, 6) is 0.0180. The van der Waals surface area contributed by atoms with Gasteiger partial charge < -0.3 is 11.1 Å². The van der Waals surface area contributed by atoms with E-state index in [9.17, 15) is 4.79 Å². The fourth-order valence-corrected chi connectivity index (χ4v) is 2.17. The van der Waals surface area contributed by atoms with Gasteiger partial charge in [-0.25, -0.2) is 0 Å². The van der Waals surface area contributed by atoms with E-state index < -0.39 is 0 Å². The van der Waals surface area contributed by atoms with Gasteiger partial charge in [0.1, 0.15) is 0 Å². The molecule has 0 aliphatic rings. The molecule has 0 saturated heterocycles. The zero-order valence-corrected chi connectivity index (χ0v) is 12.4. The second-order valence-electron chi connectivity index (χ2n) is 4.27. The van der Waals surface area contributed by atoms with E-state index in [0.29, 0.717) is 13.0 Å². The molecule has 18 heavy (non-hydrogen) atoms. The Morgan fingerprint density at radius 2 is 2.17 bits per heavy atom. The highest BCUT2D eigenvalue weighted by Gasteiger charge is 2.17. The molecule has 0 aliphatic heterocycles. The Bertz CT molecular complexity index is 398. The summed E-state index contributed by atoms with van der Waals surface area (Å²) in [5, 5.41) is 2.63. The number of nitrogens with two attached hydrogens (primary N) is 1. The Morgan fingerprint density at radius 1 is 1.50 bits per heavy atom. The maximum atomic E-state index is 11.4. The Hall–Kier alpha value is -0.910. The number of nitrogens with one attached hydrogen (secondary N) is 1. The number of amides is 1. The van der Waals surface area contributed by atoms with Crippen LogP contribution < -0.4 is 11.1 Å². The lowest BCUT2D eigenvalue weighted by Gasteiger charge is -2.26. The van der Waals surface area contributed by atoms with Crippen LogP contribution in [0.5, 0.6) is 0 Å². The minimum Gasteiger partial charge on any atom is -0.359 e. The summed E-state index contributed by atoms with van der Waals surface area (Å²) in [6.07, 6.45) is 0.425. The van der Waals surface area contributed by atoms with Crippen molar-refractivity contribution in [1.82, 2.24) is 10.2 Å². The summed E-state index contributed by atoms with van der Waals surface area (Å²) in [7, 11) is 3.63. The highest BCUT2D eigenvalue weighted by molar-refractivity contribution is 9.10. The third-order valence-electron chi connectivity index (χ3n) is 2.97. The average Bonchev–Trinajstić information content (AvgIpc) is 2.38. The minimum atomic E-state index is 0.0180. The molecule has 0 spiro atoms. The van der Waals surface area contributed by atoms with Crippen LogP contribution in [0.3, 0.4) is 0 Å². The maximum Gasteiger partial charge on any atom is 0.221 e. The number of carbonyl (C=O) groups is 1. The quantitative estimate of drug-likeness (QED) is 0.833. The van der Waals surface area contributed by atoms with Crippen LogP contribution in [0.15, 0.2) is 28.7 Å². The second-order valence-corrected chi connectivity index (χ2v) is 5.13. The number of benzene rings is 1. The zero-order chi connectivity index (χ0) is 13.5. The molecule has 100 valence electrons. The first-order chi connectivity index (χ1) is 8.58. The van der Waals surface area contributed by atoms with Gasteiger partial charge in [-0.3, -0.25) is 9.69 Å². The van der Waals surface area contributed by atoms with Crippen molar-refractivity contribution in [2.45, 2.75) is 19.0 Å². The van der Waals surface area contributed by atoms with Crippen LogP contribution in [0.1, 0.15) is 12.0 Å². The molecular weight excluding hydrogens is 294 g/mol. The van der Waals surface area contributed by atoms with Crippen molar-refractivity contribution in [3.63, 3.8) is 0 Å². The van der Waals surface area contributed by atoms with E-state index in [1.54, 1.807) is 7.05 Å². The van der Waals surface area contributed by atoms with E-state index in [1.807, 2.05) is 25.2 Å². The molecule has 5 heteroatoms. The molecule has 0 aromatic heterocycles. The average molecular weight is 314 g/mol. The number of hydrogen-bond donors (Lipinski definition) is 2. The first-order valence-electron chi connectivity index (χ1n) is 5.92. The highest BCUT2D eigenvalue weighted by Crippen LogP contribution is 2.18. The lowest BCUT2D eigenvalue weighted by atomic mass is 10.1. The normalized spacial score (nSPS) is 12.5. The van der Waals surface area contributed by atoms with E-state index in [1.165, 1.54) is 5.56 Å². The van der Waals surface area contributed by atoms with Crippen LogP contribution in [-0.4, -0.2) is 37.5 Å². The van der Waals surface area contributed by atoms with Gasteiger partial charge >= 0.3 is 0 Å². The van der Waals surface area contributed by atoms with Gasteiger partial charge in [-0.05, 0) is 18.7 Å². The van der Waals surface area contributed by atoms with Crippen LogP contribution in [0.25, 0.3) is 0 Å². The van der Waals surface area contributed by atoms with Crippen LogP contribution in [0.2, 0.25) is 0 Å². The van der Waals surface area contributed by atoms with Gasteiger partial charge in [-0.1, -0.05) is 34.1 Å². The van der Waals surface area contributed by atoms with Crippen LogP contribution >= 0.6 is 15.9 Å². The maximum absolute atomic E-state index is 11.4. The number of halogens is 1. The minimum absolute atomic E-state index is 0.0180. The van der Waals surface area contributed by atoms with Crippen molar-refractivity contribution < 1.29 is 4.79 Å². The number of likely N-dealkylation sites (N-methyl/N-ethyl adjacent to an activating group) is 1. The summed E-state index contributed by atoms with van der Waals surface area (Å²) in [6, 6.07) is 8.12. The van der Waals surface area contributed by atoms with Gasteiger partial charge in [0.15, 0.2) is 0 Å². The highest BCUT2D eigenvalue weighted by atomic mass is 79.9. The SMILES string of the molecule is CNC(=O)CC(CN)N(C)Cc1ccccc1Br. The summed E-state index contributed by atoms with van der Waals surface area (Å²) in [4.78, 5) is 13.5. The van der Waals surface area contributed by atoms with E-state index in [4.69, 9.17) is 5.73 Å². The third kappa shape index (κ3) is 4.40. The molecule has 1 aromatic carbocycles. The van der Waals surface area contributed by atoms with Crippen molar-refractivity contribution in [2.75, 3.05) is 20.6 Å². The summed E-state index contributed by atoms with van der Waals surface area (Å²) in [5.41, 5.74) is 6.93. The molecule has 1 unspecified atom stereocenters. The zero-order valence-electron chi connectivity index (χ0n) is 10.8. The molecule has 3 N–H and O–H groups in total. The van der Waals surface area contributed by atoms with Crippen molar-refractivity contribution in [1.29, 1.82) is 0 Å². The predicted octanol–water partition coefficient (Wildman–Crippen LogP) is 1.34. The molecule has 0 bridgehead atoms. The van der Waals surface area contributed by atoms with Gasteiger partial charge in [0, 0.05) is 37.1 Å². The van der Waals surface area contributed by atoms with Gasteiger partial charge in [0.2, 0.25) is 5.91 Å². The Balaban J connectivity index is 2.65. The van der Waals surface area contributed by atoms with Crippen molar-refractivity contribution in [3.8, 4) is 0 Å². The lowest BCUT2D eigenvalue weighted by Crippen LogP contribution is -2.41. The second kappa shape index (κ2) is 7.51. The van der Waals surface area contributed by atoms with Gasteiger partial charge in [0.05, 0.1) is 0 Å². The Kier molecular flexibility index (Phi) is 6.32. The Morgan fingerprint density at radius 3 is 2.72 bits per heavy atom. The topological polar surface area (TPSA) is 58.4 Å². The first-order valence-corrected chi connectivity index (χ1v) is 6.72. The fourth-order valence-electron chi connectivity index (χ4n) is 1.76. The first kappa shape index (κ1) is 15.1. The molecule has 1 rings (SSSR count). The molecular formula is C13H20BrN3O. The molecule has 0 heterocycles.